The number of imidazole rings is 1. The van der Waals surface area contributed by atoms with E-state index >= 15 is 0 Å². The van der Waals surface area contributed by atoms with E-state index in [1.54, 1.807) is 38.5 Å². The minimum absolute atomic E-state index is 0.0367. The van der Waals surface area contributed by atoms with Crippen molar-refractivity contribution >= 4 is 28.4 Å². The third-order valence-corrected chi connectivity index (χ3v) is 3.33. The molecule has 2 N–H and O–H groups in total. The largest absolute Gasteiger partial charge is 0.493 e. The number of nitrogens with one attached hydrogen (secondary N) is 2. The van der Waals surface area contributed by atoms with E-state index in [4.69, 9.17) is 9.47 Å². The fourth-order valence-electron chi connectivity index (χ4n) is 2.20. The van der Waals surface area contributed by atoms with Crippen molar-refractivity contribution < 1.29 is 14.4 Å². The number of nitro benzene ring substituents is 1. The molecule has 0 aliphatic heterocycles. The maximum absolute atomic E-state index is 10.7. The summed E-state index contributed by atoms with van der Waals surface area (Å²) in [6, 6.07) is 9.65. The van der Waals surface area contributed by atoms with Gasteiger partial charge >= 0.3 is 0 Å². The van der Waals surface area contributed by atoms with Gasteiger partial charge in [0.15, 0.2) is 11.5 Å². The molecule has 8 nitrogen and oxygen atoms in total. The molecule has 1 aromatic heterocycles. The van der Waals surface area contributed by atoms with Crippen LogP contribution in [0.15, 0.2) is 36.4 Å². The van der Waals surface area contributed by atoms with Crippen LogP contribution in [0, 0.1) is 10.1 Å². The molecule has 1 heterocycles. The average Bonchev–Trinajstić information content (AvgIpc) is 2.94. The highest BCUT2D eigenvalue weighted by Crippen LogP contribution is 2.32. The minimum Gasteiger partial charge on any atom is -0.493 e. The molecule has 8 heteroatoms. The number of methoxy groups -OCH3 is 2. The molecule has 0 atom stereocenters. The summed E-state index contributed by atoms with van der Waals surface area (Å²) >= 11 is 0. The number of ether oxygens (including phenoxy) is 2. The second-order valence-corrected chi connectivity index (χ2v) is 4.74. The Hall–Kier alpha value is -3.29. The van der Waals surface area contributed by atoms with E-state index in [0.717, 1.165) is 5.52 Å². The molecule has 0 saturated carbocycles. The number of aromatic amines is 1. The lowest BCUT2D eigenvalue weighted by Crippen LogP contribution is -1.93. The van der Waals surface area contributed by atoms with Crippen LogP contribution in [0.3, 0.4) is 0 Å². The van der Waals surface area contributed by atoms with E-state index in [1.807, 2.05) is 0 Å². The highest BCUT2D eigenvalue weighted by Gasteiger charge is 2.10. The Kier molecular flexibility index (Phi) is 3.71. The number of aromatic nitrogens is 2. The lowest BCUT2D eigenvalue weighted by molar-refractivity contribution is -0.384. The Morgan fingerprint density at radius 3 is 2.39 bits per heavy atom. The summed E-state index contributed by atoms with van der Waals surface area (Å²) in [4.78, 5) is 17.7. The number of hydrogen-bond acceptors (Lipinski definition) is 6. The highest BCUT2D eigenvalue weighted by molar-refractivity contribution is 5.82. The lowest BCUT2D eigenvalue weighted by Gasteiger charge is -2.06. The van der Waals surface area contributed by atoms with E-state index in [0.29, 0.717) is 28.7 Å². The van der Waals surface area contributed by atoms with Gasteiger partial charge < -0.3 is 19.8 Å². The van der Waals surface area contributed by atoms with Gasteiger partial charge in [0.25, 0.3) is 5.69 Å². The number of hydrogen-bond donors (Lipinski definition) is 2. The number of rotatable bonds is 5. The van der Waals surface area contributed by atoms with E-state index in [1.165, 1.54) is 12.1 Å². The number of anilines is 2. The molecule has 0 unspecified atom stereocenters. The zero-order valence-corrected chi connectivity index (χ0v) is 12.5. The third-order valence-electron chi connectivity index (χ3n) is 3.33. The van der Waals surface area contributed by atoms with Crippen molar-refractivity contribution in [3.63, 3.8) is 0 Å². The molecule has 23 heavy (non-hydrogen) atoms. The molecular formula is C15H14N4O4. The molecule has 0 radical (unpaired) electrons. The molecule has 0 bridgehead atoms. The quantitative estimate of drug-likeness (QED) is 0.553. The Morgan fingerprint density at radius 1 is 1.13 bits per heavy atom. The lowest BCUT2D eigenvalue weighted by atomic mass is 10.3. The number of non-ortho nitro benzene ring substituents is 1. The molecule has 118 valence electrons. The summed E-state index contributed by atoms with van der Waals surface area (Å²) in [5, 5.41) is 13.7. The van der Waals surface area contributed by atoms with Crippen molar-refractivity contribution in [2.45, 2.75) is 0 Å². The molecule has 0 aliphatic carbocycles. The summed E-state index contributed by atoms with van der Waals surface area (Å²) < 4.78 is 10.5. The van der Waals surface area contributed by atoms with Crippen molar-refractivity contribution in [3.05, 3.63) is 46.5 Å². The molecule has 0 aliphatic rings. The van der Waals surface area contributed by atoms with Crippen LogP contribution in [0.25, 0.3) is 11.0 Å². The van der Waals surface area contributed by atoms with Gasteiger partial charge in [0, 0.05) is 30.0 Å². The van der Waals surface area contributed by atoms with Crippen molar-refractivity contribution in [1.29, 1.82) is 0 Å². The number of nitrogens with zero attached hydrogens (tertiary/aromatic N) is 2. The van der Waals surface area contributed by atoms with Gasteiger partial charge in [-0.2, -0.15) is 0 Å². The summed E-state index contributed by atoms with van der Waals surface area (Å²) in [7, 11) is 3.13. The van der Waals surface area contributed by atoms with Crippen LogP contribution < -0.4 is 14.8 Å². The topological polar surface area (TPSA) is 102 Å². The second kappa shape index (κ2) is 5.84. The summed E-state index contributed by atoms with van der Waals surface area (Å²) in [6.07, 6.45) is 0. The van der Waals surface area contributed by atoms with Crippen LogP contribution in [0.2, 0.25) is 0 Å². The third kappa shape index (κ3) is 2.86. The van der Waals surface area contributed by atoms with Gasteiger partial charge in [-0.15, -0.1) is 0 Å². The predicted molar refractivity (Wildman–Crippen MR) is 85.6 cm³/mol. The fourth-order valence-corrected chi connectivity index (χ4v) is 2.20. The van der Waals surface area contributed by atoms with Crippen molar-refractivity contribution in [2.24, 2.45) is 0 Å². The Balaban J connectivity index is 1.89. The van der Waals surface area contributed by atoms with E-state index in [-0.39, 0.29) is 5.69 Å². The van der Waals surface area contributed by atoms with Gasteiger partial charge in [-0.3, -0.25) is 10.1 Å². The van der Waals surface area contributed by atoms with Gasteiger partial charge in [-0.05, 0) is 12.1 Å². The van der Waals surface area contributed by atoms with E-state index in [9.17, 15) is 10.1 Å². The zero-order chi connectivity index (χ0) is 16.4. The standard InChI is InChI=1S/C15H14N4O4/c1-22-13-7-11-12(8-14(13)23-2)18-15(17-11)16-9-3-5-10(6-4-9)19(20)21/h3-8H,1-2H3,(H2,16,17,18). The molecule has 3 aromatic rings. The molecule has 2 aromatic carbocycles. The first-order valence-corrected chi connectivity index (χ1v) is 6.74. The first-order chi connectivity index (χ1) is 11.1. The van der Waals surface area contributed by atoms with E-state index in [2.05, 4.69) is 15.3 Å². The first kappa shape index (κ1) is 14.6. The zero-order valence-electron chi connectivity index (χ0n) is 12.5. The van der Waals surface area contributed by atoms with Gasteiger partial charge in [0.05, 0.1) is 30.2 Å². The molecule has 0 fully saturated rings. The molecule has 3 rings (SSSR count). The predicted octanol–water partition coefficient (Wildman–Crippen LogP) is 3.23. The Labute approximate surface area is 131 Å². The van der Waals surface area contributed by atoms with Crippen LogP contribution in [0.4, 0.5) is 17.3 Å². The van der Waals surface area contributed by atoms with Gasteiger partial charge in [0.1, 0.15) is 0 Å². The maximum Gasteiger partial charge on any atom is 0.269 e. The molecular weight excluding hydrogens is 300 g/mol. The average molecular weight is 314 g/mol. The fraction of sp³-hybridized carbons (Fsp3) is 0.133. The molecule has 0 amide bonds. The molecule has 0 spiro atoms. The SMILES string of the molecule is COc1cc2nc(Nc3ccc([N+](=O)[O-])cc3)[nH]c2cc1OC. The van der Waals surface area contributed by atoms with Crippen LogP contribution in [0.5, 0.6) is 11.5 Å². The Morgan fingerprint density at radius 2 is 1.78 bits per heavy atom. The summed E-state index contributed by atoms with van der Waals surface area (Å²) in [6.45, 7) is 0. The van der Waals surface area contributed by atoms with Gasteiger partial charge in [-0.25, -0.2) is 4.98 Å². The van der Waals surface area contributed by atoms with Crippen LogP contribution in [-0.2, 0) is 0 Å². The normalized spacial score (nSPS) is 10.5. The number of nitro groups is 1. The highest BCUT2D eigenvalue weighted by atomic mass is 16.6. The Bertz CT molecular complexity index is 817. The van der Waals surface area contributed by atoms with Gasteiger partial charge in [0.2, 0.25) is 5.95 Å². The van der Waals surface area contributed by atoms with Crippen LogP contribution >= 0.6 is 0 Å². The van der Waals surface area contributed by atoms with E-state index < -0.39 is 4.92 Å². The van der Waals surface area contributed by atoms with Crippen molar-refractivity contribution in [1.82, 2.24) is 9.97 Å². The smallest absolute Gasteiger partial charge is 0.269 e. The molecule has 0 saturated heterocycles. The van der Waals surface area contributed by atoms with Gasteiger partial charge in [-0.1, -0.05) is 0 Å². The summed E-state index contributed by atoms with van der Waals surface area (Å²) in [5.41, 5.74) is 2.22. The number of H-pyrrole nitrogens is 1. The first-order valence-electron chi connectivity index (χ1n) is 6.74. The second-order valence-electron chi connectivity index (χ2n) is 4.74. The van der Waals surface area contributed by atoms with Crippen LogP contribution in [-0.4, -0.2) is 29.1 Å². The minimum atomic E-state index is -0.441. The number of benzene rings is 2. The monoisotopic (exact) mass is 314 g/mol. The summed E-state index contributed by atoms with van der Waals surface area (Å²) in [5.74, 6) is 1.71. The van der Waals surface area contributed by atoms with Crippen molar-refractivity contribution in [3.8, 4) is 11.5 Å². The maximum atomic E-state index is 10.7. The number of fused-ring (bicyclic) bond motifs is 1. The van der Waals surface area contributed by atoms with Crippen molar-refractivity contribution in [2.75, 3.05) is 19.5 Å². The van der Waals surface area contributed by atoms with Crippen LogP contribution in [0.1, 0.15) is 0 Å².